The number of hydrogen-bond donors (Lipinski definition) is 2. The summed E-state index contributed by atoms with van der Waals surface area (Å²) in [6.45, 7) is 1.78. The zero-order valence-corrected chi connectivity index (χ0v) is 10.9. The number of anilines is 2. The van der Waals surface area contributed by atoms with E-state index in [-0.39, 0.29) is 5.56 Å². The van der Waals surface area contributed by atoms with Crippen LogP contribution in [0.2, 0.25) is 0 Å². The van der Waals surface area contributed by atoms with Crippen LogP contribution in [0.5, 0.6) is 0 Å². The second-order valence-corrected chi connectivity index (χ2v) is 4.77. The molecule has 20 heavy (non-hydrogen) atoms. The topological polar surface area (TPSA) is 47.9 Å². The summed E-state index contributed by atoms with van der Waals surface area (Å²) < 4.78 is 13.6. The van der Waals surface area contributed by atoms with Crippen LogP contribution in [0.25, 0.3) is 0 Å². The van der Waals surface area contributed by atoms with Gasteiger partial charge in [-0.25, -0.2) is 4.39 Å². The SMILES string of the molecule is N#Cc1c(F)cccc1Nc1cccc2c1CCNC2. The van der Waals surface area contributed by atoms with Crippen molar-refractivity contribution >= 4 is 11.4 Å². The maximum atomic E-state index is 13.6. The van der Waals surface area contributed by atoms with E-state index in [1.165, 1.54) is 17.2 Å². The molecule has 100 valence electrons. The van der Waals surface area contributed by atoms with Crippen LogP contribution in [0.3, 0.4) is 0 Å². The van der Waals surface area contributed by atoms with Crippen molar-refractivity contribution in [2.24, 2.45) is 0 Å². The van der Waals surface area contributed by atoms with Crippen molar-refractivity contribution in [1.29, 1.82) is 5.26 Å². The molecule has 0 spiro atoms. The van der Waals surface area contributed by atoms with E-state index in [4.69, 9.17) is 5.26 Å². The molecule has 0 fully saturated rings. The molecule has 3 nitrogen and oxygen atoms in total. The van der Waals surface area contributed by atoms with E-state index in [1.54, 1.807) is 12.1 Å². The van der Waals surface area contributed by atoms with Gasteiger partial charge < -0.3 is 10.6 Å². The summed E-state index contributed by atoms with van der Waals surface area (Å²) in [5.74, 6) is -0.496. The summed E-state index contributed by atoms with van der Waals surface area (Å²) in [4.78, 5) is 0. The van der Waals surface area contributed by atoms with E-state index in [1.807, 2.05) is 18.2 Å². The molecule has 2 aromatic rings. The van der Waals surface area contributed by atoms with E-state index in [2.05, 4.69) is 16.7 Å². The van der Waals surface area contributed by atoms with Gasteiger partial charge in [-0.15, -0.1) is 0 Å². The highest BCUT2D eigenvalue weighted by molar-refractivity contribution is 5.70. The van der Waals surface area contributed by atoms with Crippen LogP contribution in [-0.4, -0.2) is 6.54 Å². The first kappa shape index (κ1) is 12.6. The predicted octanol–water partition coefficient (Wildman–Crippen LogP) is 3.09. The van der Waals surface area contributed by atoms with Crippen LogP contribution in [0.4, 0.5) is 15.8 Å². The maximum Gasteiger partial charge on any atom is 0.143 e. The van der Waals surface area contributed by atoms with Gasteiger partial charge in [-0.05, 0) is 42.3 Å². The highest BCUT2D eigenvalue weighted by Crippen LogP contribution is 2.28. The third-order valence-electron chi connectivity index (χ3n) is 3.54. The average Bonchev–Trinajstić information content (AvgIpc) is 2.48. The first-order chi connectivity index (χ1) is 9.79. The first-order valence-corrected chi connectivity index (χ1v) is 6.56. The zero-order chi connectivity index (χ0) is 13.9. The van der Waals surface area contributed by atoms with Crippen molar-refractivity contribution in [1.82, 2.24) is 5.32 Å². The van der Waals surface area contributed by atoms with E-state index in [0.717, 1.165) is 25.2 Å². The van der Waals surface area contributed by atoms with Gasteiger partial charge in [-0.3, -0.25) is 0 Å². The van der Waals surface area contributed by atoms with Gasteiger partial charge >= 0.3 is 0 Å². The van der Waals surface area contributed by atoms with Crippen molar-refractivity contribution in [3.63, 3.8) is 0 Å². The lowest BCUT2D eigenvalue weighted by Crippen LogP contribution is -2.24. The molecular weight excluding hydrogens is 253 g/mol. The Labute approximate surface area is 117 Å². The average molecular weight is 267 g/mol. The number of benzene rings is 2. The standard InChI is InChI=1S/C16H14FN3/c17-14-4-2-6-16(13(14)9-18)20-15-5-1-3-11-10-19-8-7-12(11)15/h1-6,19-20H,7-8,10H2. The normalized spacial score (nSPS) is 13.4. The minimum Gasteiger partial charge on any atom is -0.354 e. The van der Waals surface area contributed by atoms with Crippen LogP contribution in [0.15, 0.2) is 36.4 Å². The molecule has 1 aliphatic rings. The van der Waals surface area contributed by atoms with Gasteiger partial charge in [0.15, 0.2) is 0 Å². The molecule has 0 aromatic heterocycles. The third kappa shape index (κ3) is 2.24. The molecule has 0 bridgehead atoms. The Kier molecular flexibility index (Phi) is 3.36. The molecule has 3 rings (SSSR count). The van der Waals surface area contributed by atoms with Crippen LogP contribution in [0, 0.1) is 17.1 Å². The highest BCUT2D eigenvalue weighted by atomic mass is 19.1. The lowest BCUT2D eigenvalue weighted by atomic mass is 9.98. The molecule has 0 saturated carbocycles. The second-order valence-electron chi connectivity index (χ2n) is 4.77. The van der Waals surface area contributed by atoms with Crippen LogP contribution in [0.1, 0.15) is 16.7 Å². The molecule has 1 aliphatic heterocycles. The van der Waals surface area contributed by atoms with Crippen LogP contribution < -0.4 is 10.6 Å². The Morgan fingerprint density at radius 3 is 2.80 bits per heavy atom. The Morgan fingerprint density at radius 1 is 1.15 bits per heavy atom. The molecule has 2 aromatic carbocycles. The molecule has 0 saturated heterocycles. The van der Waals surface area contributed by atoms with Gasteiger partial charge in [-0.1, -0.05) is 18.2 Å². The number of hydrogen-bond acceptors (Lipinski definition) is 3. The molecule has 0 amide bonds. The van der Waals surface area contributed by atoms with Crippen LogP contribution in [-0.2, 0) is 13.0 Å². The Morgan fingerprint density at radius 2 is 1.95 bits per heavy atom. The largest absolute Gasteiger partial charge is 0.354 e. The zero-order valence-electron chi connectivity index (χ0n) is 10.9. The molecule has 2 N–H and O–H groups in total. The number of nitrogens with one attached hydrogen (secondary N) is 2. The minimum atomic E-state index is -0.496. The fourth-order valence-electron chi connectivity index (χ4n) is 2.54. The molecule has 0 atom stereocenters. The third-order valence-corrected chi connectivity index (χ3v) is 3.54. The summed E-state index contributed by atoms with van der Waals surface area (Å²) in [5, 5.41) is 15.6. The van der Waals surface area contributed by atoms with Gasteiger partial charge in [0.2, 0.25) is 0 Å². The summed E-state index contributed by atoms with van der Waals surface area (Å²) in [6.07, 6.45) is 0.926. The summed E-state index contributed by atoms with van der Waals surface area (Å²) in [6, 6.07) is 12.6. The predicted molar refractivity (Wildman–Crippen MR) is 76.3 cm³/mol. The lowest BCUT2D eigenvalue weighted by molar-refractivity contribution is 0.624. The highest BCUT2D eigenvalue weighted by Gasteiger charge is 2.14. The van der Waals surface area contributed by atoms with E-state index < -0.39 is 5.82 Å². The van der Waals surface area contributed by atoms with Crippen molar-refractivity contribution in [2.75, 3.05) is 11.9 Å². The summed E-state index contributed by atoms with van der Waals surface area (Å²) in [7, 11) is 0. The Hall–Kier alpha value is -2.38. The summed E-state index contributed by atoms with van der Waals surface area (Å²) >= 11 is 0. The molecule has 0 radical (unpaired) electrons. The maximum absolute atomic E-state index is 13.6. The van der Waals surface area contributed by atoms with Gasteiger partial charge in [-0.2, -0.15) is 5.26 Å². The number of nitrogens with zero attached hydrogens (tertiary/aromatic N) is 1. The van der Waals surface area contributed by atoms with Gasteiger partial charge in [0, 0.05) is 12.2 Å². The molecule has 0 unspecified atom stereocenters. The number of nitriles is 1. The molecule has 4 heteroatoms. The van der Waals surface area contributed by atoms with Gasteiger partial charge in [0.05, 0.1) is 5.69 Å². The number of rotatable bonds is 2. The lowest BCUT2D eigenvalue weighted by Gasteiger charge is -2.21. The molecule has 0 aliphatic carbocycles. The number of fused-ring (bicyclic) bond motifs is 1. The quantitative estimate of drug-likeness (QED) is 0.879. The second kappa shape index (κ2) is 5.32. The first-order valence-electron chi connectivity index (χ1n) is 6.56. The Balaban J connectivity index is 2.01. The number of halogens is 1. The van der Waals surface area contributed by atoms with Crippen molar-refractivity contribution in [3.05, 3.63) is 58.9 Å². The molecule has 1 heterocycles. The van der Waals surface area contributed by atoms with Crippen LogP contribution >= 0.6 is 0 Å². The molecular formula is C16H14FN3. The monoisotopic (exact) mass is 267 g/mol. The van der Waals surface area contributed by atoms with E-state index in [9.17, 15) is 4.39 Å². The fraction of sp³-hybridized carbons (Fsp3) is 0.188. The van der Waals surface area contributed by atoms with Crippen molar-refractivity contribution < 1.29 is 4.39 Å². The summed E-state index contributed by atoms with van der Waals surface area (Å²) in [5.41, 5.74) is 4.00. The smallest absolute Gasteiger partial charge is 0.143 e. The van der Waals surface area contributed by atoms with E-state index >= 15 is 0 Å². The van der Waals surface area contributed by atoms with Gasteiger partial charge in [0.25, 0.3) is 0 Å². The van der Waals surface area contributed by atoms with Gasteiger partial charge in [0.1, 0.15) is 17.4 Å². The minimum absolute atomic E-state index is 0.0547. The van der Waals surface area contributed by atoms with E-state index in [0.29, 0.717) is 5.69 Å². The van der Waals surface area contributed by atoms with Crippen molar-refractivity contribution in [3.8, 4) is 6.07 Å². The fourth-order valence-corrected chi connectivity index (χ4v) is 2.54. The Bertz CT molecular complexity index is 689. The van der Waals surface area contributed by atoms with Crippen molar-refractivity contribution in [2.45, 2.75) is 13.0 Å².